The lowest BCUT2D eigenvalue weighted by molar-refractivity contribution is -0.153. The van der Waals surface area contributed by atoms with Gasteiger partial charge in [0.15, 0.2) is 18.1 Å². The van der Waals surface area contributed by atoms with E-state index in [2.05, 4.69) is 15.3 Å². The van der Waals surface area contributed by atoms with Gasteiger partial charge in [0, 0.05) is 23.6 Å². The van der Waals surface area contributed by atoms with Gasteiger partial charge in [-0.25, -0.2) is 23.5 Å². The van der Waals surface area contributed by atoms with Crippen LogP contribution < -0.4 is 24.7 Å². The van der Waals surface area contributed by atoms with Crippen LogP contribution in [0.5, 0.6) is 17.2 Å². The van der Waals surface area contributed by atoms with E-state index in [-0.39, 0.29) is 22.8 Å². The zero-order valence-electron chi connectivity index (χ0n) is 18.3. The van der Waals surface area contributed by atoms with Crippen LogP contribution in [-0.4, -0.2) is 44.4 Å². The maximum Gasteiger partial charge on any atom is 0.422 e. The number of rotatable bonds is 10. The minimum absolute atomic E-state index is 0.111. The lowest BCUT2D eigenvalue weighted by atomic mass is 10.1. The molecule has 34 heavy (non-hydrogen) atoms. The number of primary sulfonamides is 1. The molecule has 0 aliphatic rings. The van der Waals surface area contributed by atoms with Crippen molar-refractivity contribution in [2.24, 2.45) is 5.14 Å². The van der Waals surface area contributed by atoms with E-state index in [1.807, 2.05) is 13.8 Å². The first-order valence-corrected chi connectivity index (χ1v) is 11.7. The van der Waals surface area contributed by atoms with Crippen LogP contribution in [0.3, 0.4) is 0 Å². The van der Waals surface area contributed by atoms with E-state index in [0.717, 1.165) is 18.2 Å². The predicted octanol–water partition coefficient (Wildman–Crippen LogP) is 3.63. The van der Waals surface area contributed by atoms with Crippen molar-refractivity contribution in [2.75, 3.05) is 25.1 Å². The van der Waals surface area contributed by atoms with E-state index in [4.69, 9.17) is 19.3 Å². The zero-order valence-corrected chi connectivity index (χ0v) is 19.2. The summed E-state index contributed by atoms with van der Waals surface area (Å²) in [7, 11) is -4.09. The Kier molecular flexibility index (Phi) is 7.67. The average Bonchev–Trinajstić information content (AvgIpc) is 2.76. The summed E-state index contributed by atoms with van der Waals surface area (Å²) in [5.74, 6) is 1.17. The largest absolute Gasteiger partial charge is 0.490 e. The topological polar surface area (TPSA) is 126 Å². The average molecular weight is 500 g/mol. The van der Waals surface area contributed by atoms with Gasteiger partial charge in [-0.15, -0.1) is 0 Å². The first kappa shape index (κ1) is 25.3. The van der Waals surface area contributed by atoms with Crippen molar-refractivity contribution >= 4 is 26.7 Å². The number of nitrogens with two attached hydrogens (primary N) is 1. The molecule has 0 aliphatic heterocycles. The van der Waals surface area contributed by atoms with Gasteiger partial charge in [-0.05, 0) is 38.1 Å². The Bertz CT molecular complexity index is 1270. The second-order valence-electron chi connectivity index (χ2n) is 6.98. The fourth-order valence-electron chi connectivity index (χ4n) is 3.09. The number of hydrogen-bond donors (Lipinski definition) is 2. The van der Waals surface area contributed by atoms with Crippen molar-refractivity contribution in [3.63, 3.8) is 0 Å². The van der Waals surface area contributed by atoms with Crippen molar-refractivity contribution in [3.8, 4) is 17.2 Å². The van der Waals surface area contributed by atoms with Crippen LogP contribution in [-0.2, 0) is 16.6 Å². The van der Waals surface area contributed by atoms with Gasteiger partial charge in [-0.2, -0.15) is 13.2 Å². The highest BCUT2D eigenvalue weighted by atomic mass is 32.2. The molecule has 0 fully saturated rings. The van der Waals surface area contributed by atoms with Gasteiger partial charge >= 0.3 is 6.18 Å². The molecule has 13 heteroatoms. The van der Waals surface area contributed by atoms with E-state index in [0.29, 0.717) is 41.4 Å². The number of hydrogen-bond acceptors (Lipinski definition) is 8. The fourth-order valence-corrected chi connectivity index (χ4v) is 3.66. The smallest absolute Gasteiger partial charge is 0.422 e. The summed E-state index contributed by atoms with van der Waals surface area (Å²) in [6, 6.07) is 6.73. The standard InChI is InChI=1S/C21H23F3N4O5S/c1-3-31-18-8-15-16(9-19(18)32-4-2)27-12-28-20(15)26-10-13-7-14(34(25,29)30)5-6-17(13)33-11-21(22,23)24/h5-9,12H,3-4,10-11H2,1-2H3,(H2,25,29,30)(H,26,27,28). The molecular formula is C21H23F3N4O5S. The Labute approximate surface area is 194 Å². The van der Waals surface area contributed by atoms with Gasteiger partial charge in [0.1, 0.15) is 17.9 Å². The van der Waals surface area contributed by atoms with Crippen LogP contribution in [0.4, 0.5) is 19.0 Å². The highest BCUT2D eigenvalue weighted by Crippen LogP contribution is 2.34. The molecule has 0 amide bonds. The van der Waals surface area contributed by atoms with Crippen LogP contribution in [0.25, 0.3) is 10.9 Å². The normalized spacial score (nSPS) is 11.9. The molecule has 9 nitrogen and oxygen atoms in total. The third-order valence-corrected chi connectivity index (χ3v) is 5.41. The molecule has 0 atom stereocenters. The first-order chi connectivity index (χ1) is 16.0. The fraction of sp³-hybridized carbons (Fsp3) is 0.333. The van der Waals surface area contributed by atoms with Gasteiger partial charge in [-0.3, -0.25) is 0 Å². The van der Waals surface area contributed by atoms with E-state index in [1.54, 1.807) is 12.1 Å². The summed E-state index contributed by atoms with van der Waals surface area (Å²) in [4.78, 5) is 8.16. The van der Waals surface area contributed by atoms with E-state index < -0.39 is 22.8 Å². The lowest BCUT2D eigenvalue weighted by Crippen LogP contribution is -2.20. The molecule has 0 unspecified atom stereocenters. The number of fused-ring (bicyclic) bond motifs is 1. The number of benzene rings is 2. The second-order valence-corrected chi connectivity index (χ2v) is 8.54. The molecule has 0 bridgehead atoms. The maximum absolute atomic E-state index is 12.7. The lowest BCUT2D eigenvalue weighted by Gasteiger charge is -2.16. The summed E-state index contributed by atoms with van der Waals surface area (Å²) in [6.07, 6.45) is -3.26. The monoisotopic (exact) mass is 500 g/mol. The summed E-state index contributed by atoms with van der Waals surface area (Å²) >= 11 is 0. The number of aromatic nitrogens is 2. The van der Waals surface area contributed by atoms with Crippen LogP contribution in [0.1, 0.15) is 19.4 Å². The van der Waals surface area contributed by atoms with E-state index in [9.17, 15) is 21.6 Å². The molecule has 1 aromatic heterocycles. The van der Waals surface area contributed by atoms with Gasteiger partial charge in [0.05, 0.1) is 23.6 Å². The molecule has 0 radical (unpaired) electrons. The molecule has 0 aliphatic carbocycles. The number of halogens is 3. The summed E-state index contributed by atoms with van der Waals surface area (Å²) in [5, 5.41) is 8.73. The van der Waals surface area contributed by atoms with E-state index >= 15 is 0 Å². The molecule has 3 aromatic rings. The zero-order chi connectivity index (χ0) is 24.9. The van der Waals surface area contributed by atoms with Crippen molar-refractivity contribution in [1.29, 1.82) is 0 Å². The Morgan fingerprint density at radius 1 is 0.971 bits per heavy atom. The molecular weight excluding hydrogens is 477 g/mol. The second kappa shape index (κ2) is 10.3. The number of nitrogens with zero attached hydrogens (tertiary/aromatic N) is 2. The number of alkyl halides is 3. The highest BCUT2D eigenvalue weighted by Gasteiger charge is 2.29. The minimum Gasteiger partial charge on any atom is -0.490 e. The van der Waals surface area contributed by atoms with Crippen LogP contribution in [0.15, 0.2) is 41.6 Å². The maximum atomic E-state index is 12.7. The van der Waals surface area contributed by atoms with E-state index in [1.165, 1.54) is 6.33 Å². The van der Waals surface area contributed by atoms with Crippen LogP contribution in [0, 0.1) is 0 Å². The van der Waals surface area contributed by atoms with Gasteiger partial charge in [0.2, 0.25) is 10.0 Å². The van der Waals surface area contributed by atoms with Crippen LogP contribution in [0.2, 0.25) is 0 Å². The summed E-state index contributed by atoms with van der Waals surface area (Å²) in [6.45, 7) is 2.82. The summed E-state index contributed by atoms with van der Waals surface area (Å²) in [5.41, 5.74) is 0.676. The number of sulfonamides is 1. The number of anilines is 1. The quantitative estimate of drug-likeness (QED) is 0.432. The Morgan fingerprint density at radius 2 is 1.65 bits per heavy atom. The molecule has 3 rings (SSSR count). The third-order valence-electron chi connectivity index (χ3n) is 4.50. The van der Waals surface area contributed by atoms with Gasteiger partial charge in [-0.1, -0.05) is 0 Å². The molecule has 2 aromatic carbocycles. The third kappa shape index (κ3) is 6.38. The molecule has 184 valence electrons. The molecule has 0 spiro atoms. The predicted molar refractivity (Wildman–Crippen MR) is 119 cm³/mol. The Balaban J connectivity index is 1.97. The molecule has 0 saturated carbocycles. The SMILES string of the molecule is CCOc1cc2ncnc(NCc3cc(S(N)(=O)=O)ccc3OCC(F)(F)F)c2cc1OCC. The highest BCUT2D eigenvalue weighted by molar-refractivity contribution is 7.89. The number of ether oxygens (including phenoxy) is 3. The van der Waals surface area contributed by atoms with Gasteiger partial charge in [0.25, 0.3) is 0 Å². The molecule has 3 N–H and O–H groups in total. The van der Waals surface area contributed by atoms with Crippen molar-refractivity contribution < 1.29 is 35.8 Å². The minimum atomic E-state index is -4.57. The molecule has 1 heterocycles. The van der Waals surface area contributed by atoms with Gasteiger partial charge < -0.3 is 19.5 Å². The van der Waals surface area contributed by atoms with Crippen molar-refractivity contribution in [1.82, 2.24) is 9.97 Å². The van der Waals surface area contributed by atoms with Crippen molar-refractivity contribution in [2.45, 2.75) is 31.5 Å². The first-order valence-electron chi connectivity index (χ1n) is 10.1. The summed E-state index contributed by atoms with van der Waals surface area (Å²) < 4.78 is 77.6. The van der Waals surface area contributed by atoms with Crippen LogP contribution >= 0.6 is 0 Å². The van der Waals surface area contributed by atoms with Crippen molar-refractivity contribution in [3.05, 3.63) is 42.2 Å². The Morgan fingerprint density at radius 3 is 2.26 bits per heavy atom. The Hall–Kier alpha value is -3.32. The number of nitrogens with one attached hydrogen (secondary N) is 1. The molecule has 0 saturated heterocycles.